The maximum Gasteiger partial charge on any atom is 0.119 e. The summed E-state index contributed by atoms with van der Waals surface area (Å²) >= 11 is 0. The van der Waals surface area contributed by atoms with Gasteiger partial charge in [0.1, 0.15) is 5.75 Å². The van der Waals surface area contributed by atoms with E-state index < -0.39 is 6.10 Å². The number of aliphatic hydroxyl groups is 1. The van der Waals surface area contributed by atoms with Crippen molar-refractivity contribution in [3.63, 3.8) is 0 Å². The molecular weight excluding hydrogens is 238 g/mol. The molecule has 0 aromatic heterocycles. The third-order valence-corrected chi connectivity index (χ3v) is 3.24. The minimum atomic E-state index is -0.616. The van der Waals surface area contributed by atoms with Gasteiger partial charge in [0.05, 0.1) is 13.2 Å². The number of ether oxygens (including phenoxy) is 1. The van der Waals surface area contributed by atoms with Crippen molar-refractivity contribution in [2.45, 2.75) is 12.0 Å². The Labute approximate surface area is 113 Å². The zero-order chi connectivity index (χ0) is 13.7. The zero-order valence-corrected chi connectivity index (χ0v) is 11.0. The quantitative estimate of drug-likeness (QED) is 0.863. The van der Waals surface area contributed by atoms with Crippen LogP contribution < -0.4 is 10.5 Å². The molecular formula is C16H19NO2. The molecule has 100 valence electrons. The fourth-order valence-electron chi connectivity index (χ4n) is 2.27. The second-order valence-electron chi connectivity index (χ2n) is 4.47. The molecule has 0 aliphatic heterocycles. The van der Waals surface area contributed by atoms with E-state index in [1.165, 1.54) is 0 Å². The lowest BCUT2D eigenvalue weighted by Crippen LogP contribution is -2.28. The first-order valence-electron chi connectivity index (χ1n) is 6.33. The lowest BCUT2D eigenvalue weighted by Gasteiger charge is -2.23. The summed E-state index contributed by atoms with van der Waals surface area (Å²) in [5, 5.41) is 10.2. The third-order valence-electron chi connectivity index (χ3n) is 3.24. The molecule has 0 heterocycles. The van der Waals surface area contributed by atoms with Gasteiger partial charge in [-0.15, -0.1) is 0 Å². The minimum absolute atomic E-state index is 0.138. The van der Waals surface area contributed by atoms with Crippen LogP contribution in [0.25, 0.3) is 0 Å². The van der Waals surface area contributed by atoms with Gasteiger partial charge < -0.3 is 15.6 Å². The van der Waals surface area contributed by atoms with Gasteiger partial charge in [-0.1, -0.05) is 42.5 Å². The van der Waals surface area contributed by atoms with Crippen molar-refractivity contribution in [1.82, 2.24) is 0 Å². The van der Waals surface area contributed by atoms with Crippen LogP contribution in [0, 0.1) is 0 Å². The summed E-state index contributed by atoms with van der Waals surface area (Å²) in [6.07, 6.45) is -0.616. The topological polar surface area (TPSA) is 55.5 Å². The van der Waals surface area contributed by atoms with E-state index in [0.717, 1.165) is 16.9 Å². The third kappa shape index (κ3) is 3.13. The largest absolute Gasteiger partial charge is 0.497 e. The molecule has 3 nitrogen and oxygen atoms in total. The van der Waals surface area contributed by atoms with E-state index in [1.54, 1.807) is 7.11 Å². The number of aliphatic hydroxyl groups excluding tert-OH is 1. The smallest absolute Gasteiger partial charge is 0.119 e. The molecule has 0 aliphatic carbocycles. The summed E-state index contributed by atoms with van der Waals surface area (Å²) in [6.45, 7) is 0.219. The SMILES string of the molecule is COc1cccc(C(c2ccccc2)C(O)CN)c1. The Bertz CT molecular complexity index is 513. The molecule has 0 saturated heterocycles. The number of hydrogen-bond acceptors (Lipinski definition) is 3. The van der Waals surface area contributed by atoms with E-state index in [4.69, 9.17) is 10.5 Å². The van der Waals surface area contributed by atoms with Crippen molar-refractivity contribution < 1.29 is 9.84 Å². The standard InChI is InChI=1S/C16H19NO2/c1-19-14-9-5-8-13(10-14)16(15(18)11-17)12-6-3-2-4-7-12/h2-10,15-16,18H,11,17H2,1H3. The number of hydrogen-bond donors (Lipinski definition) is 2. The predicted octanol–water partition coefficient (Wildman–Crippen LogP) is 2.15. The van der Waals surface area contributed by atoms with Crippen LogP contribution in [0.1, 0.15) is 17.0 Å². The van der Waals surface area contributed by atoms with Crippen LogP contribution in [0.15, 0.2) is 54.6 Å². The molecule has 0 spiro atoms. The summed E-state index contributed by atoms with van der Waals surface area (Å²) in [5.74, 6) is 0.643. The maximum atomic E-state index is 10.2. The van der Waals surface area contributed by atoms with Crippen LogP contribution in [0.2, 0.25) is 0 Å². The Kier molecular flexibility index (Phi) is 4.55. The summed E-state index contributed by atoms with van der Waals surface area (Å²) in [6, 6.07) is 17.6. The minimum Gasteiger partial charge on any atom is -0.497 e. The number of benzene rings is 2. The molecule has 0 radical (unpaired) electrons. The van der Waals surface area contributed by atoms with Crippen molar-refractivity contribution in [3.8, 4) is 5.75 Å². The Morgan fingerprint density at radius 2 is 1.74 bits per heavy atom. The van der Waals surface area contributed by atoms with Crippen LogP contribution >= 0.6 is 0 Å². The number of nitrogens with two attached hydrogens (primary N) is 1. The lowest BCUT2D eigenvalue weighted by molar-refractivity contribution is 0.164. The molecule has 0 amide bonds. The van der Waals surface area contributed by atoms with E-state index in [1.807, 2.05) is 54.6 Å². The summed E-state index contributed by atoms with van der Waals surface area (Å²) in [7, 11) is 1.63. The second-order valence-corrected chi connectivity index (χ2v) is 4.47. The fourth-order valence-corrected chi connectivity index (χ4v) is 2.27. The highest BCUT2D eigenvalue weighted by atomic mass is 16.5. The molecule has 3 heteroatoms. The first-order valence-corrected chi connectivity index (χ1v) is 6.33. The van der Waals surface area contributed by atoms with Crippen LogP contribution in [-0.4, -0.2) is 24.9 Å². The van der Waals surface area contributed by atoms with E-state index in [0.29, 0.717) is 0 Å². The van der Waals surface area contributed by atoms with Crippen molar-refractivity contribution in [2.75, 3.05) is 13.7 Å². The van der Waals surface area contributed by atoms with E-state index in [2.05, 4.69) is 0 Å². The molecule has 2 aromatic carbocycles. The molecule has 0 bridgehead atoms. The molecule has 0 aliphatic rings. The zero-order valence-electron chi connectivity index (χ0n) is 11.0. The van der Waals surface area contributed by atoms with Gasteiger partial charge in [0.15, 0.2) is 0 Å². The molecule has 19 heavy (non-hydrogen) atoms. The average molecular weight is 257 g/mol. The van der Waals surface area contributed by atoms with Gasteiger partial charge in [-0.2, -0.15) is 0 Å². The van der Waals surface area contributed by atoms with E-state index in [9.17, 15) is 5.11 Å². The second kappa shape index (κ2) is 6.36. The van der Waals surface area contributed by atoms with Crippen molar-refractivity contribution >= 4 is 0 Å². The van der Waals surface area contributed by atoms with Gasteiger partial charge in [0, 0.05) is 12.5 Å². The Hall–Kier alpha value is -1.84. The molecule has 0 saturated carbocycles. The molecule has 3 N–H and O–H groups in total. The van der Waals surface area contributed by atoms with Crippen LogP contribution in [0.3, 0.4) is 0 Å². The molecule has 2 rings (SSSR count). The van der Waals surface area contributed by atoms with E-state index >= 15 is 0 Å². The maximum absolute atomic E-state index is 10.2. The summed E-state index contributed by atoms with van der Waals surface area (Å²) < 4.78 is 5.24. The molecule has 2 aromatic rings. The molecule has 2 unspecified atom stereocenters. The monoisotopic (exact) mass is 257 g/mol. The lowest BCUT2D eigenvalue weighted by atomic mass is 9.86. The Morgan fingerprint density at radius 1 is 1.05 bits per heavy atom. The van der Waals surface area contributed by atoms with Gasteiger partial charge in [0.2, 0.25) is 0 Å². The highest BCUT2D eigenvalue weighted by Crippen LogP contribution is 2.29. The number of methoxy groups -OCH3 is 1. The molecule has 0 fully saturated rings. The van der Waals surface area contributed by atoms with Gasteiger partial charge in [0.25, 0.3) is 0 Å². The van der Waals surface area contributed by atoms with Crippen LogP contribution in [0.4, 0.5) is 0 Å². The van der Waals surface area contributed by atoms with Gasteiger partial charge in [-0.05, 0) is 23.3 Å². The first-order chi connectivity index (χ1) is 9.26. The predicted molar refractivity (Wildman–Crippen MR) is 76.3 cm³/mol. The highest BCUT2D eigenvalue weighted by molar-refractivity contribution is 5.38. The molecule has 2 atom stereocenters. The average Bonchev–Trinajstić information content (AvgIpc) is 2.48. The van der Waals surface area contributed by atoms with Crippen molar-refractivity contribution in [2.24, 2.45) is 5.73 Å². The van der Waals surface area contributed by atoms with E-state index in [-0.39, 0.29) is 12.5 Å². The van der Waals surface area contributed by atoms with Crippen LogP contribution in [-0.2, 0) is 0 Å². The summed E-state index contributed by atoms with van der Waals surface area (Å²) in [4.78, 5) is 0. The number of rotatable bonds is 5. The Balaban J connectivity index is 2.43. The normalized spacial score (nSPS) is 13.8. The summed E-state index contributed by atoms with van der Waals surface area (Å²) in [5.41, 5.74) is 7.69. The van der Waals surface area contributed by atoms with Gasteiger partial charge in [-0.3, -0.25) is 0 Å². The highest BCUT2D eigenvalue weighted by Gasteiger charge is 2.22. The van der Waals surface area contributed by atoms with Crippen molar-refractivity contribution in [3.05, 3.63) is 65.7 Å². The van der Waals surface area contributed by atoms with Crippen LogP contribution in [0.5, 0.6) is 5.75 Å². The van der Waals surface area contributed by atoms with Gasteiger partial charge >= 0.3 is 0 Å². The van der Waals surface area contributed by atoms with Crippen molar-refractivity contribution in [1.29, 1.82) is 0 Å². The fraction of sp³-hybridized carbons (Fsp3) is 0.250. The first kappa shape index (κ1) is 13.6. The van der Waals surface area contributed by atoms with Gasteiger partial charge in [-0.25, -0.2) is 0 Å². The Morgan fingerprint density at radius 3 is 2.37 bits per heavy atom.